The summed E-state index contributed by atoms with van der Waals surface area (Å²) in [6.45, 7) is 1.27. The van der Waals surface area contributed by atoms with Crippen molar-refractivity contribution in [1.29, 1.82) is 0 Å². The Balaban J connectivity index is 1.55. The average Bonchev–Trinajstić information content (AvgIpc) is 3.15. The Labute approximate surface area is 170 Å². The van der Waals surface area contributed by atoms with E-state index < -0.39 is 0 Å². The number of hydrogen-bond acceptors (Lipinski definition) is 3. The quantitative estimate of drug-likeness (QED) is 0.825. The van der Waals surface area contributed by atoms with Crippen molar-refractivity contribution in [3.63, 3.8) is 0 Å². The largest absolute Gasteiger partial charge is 0.359 e. The number of carbonyl (C=O) groups is 2. The highest BCUT2D eigenvalue weighted by molar-refractivity contribution is 6.31. The third-order valence-corrected chi connectivity index (χ3v) is 6.48. The SMILES string of the molecule is CNC(=O)[C@@H]1CCCN(C(=O)[C@@H]2CCCC[C@@H]2c2nc3ccc(Cl)cc3[nH]2)C1. The van der Waals surface area contributed by atoms with E-state index in [1.807, 2.05) is 23.1 Å². The van der Waals surface area contributed by atoms with E-state index in [1.165, 1.54) is 0 Å². The Morgan fingerprint density at radius 3 is 2.86 bits per heavy atom. The lowest BCUT2D eigenvalue weighted by Crippen LogP contribution is -2.48. The van der Waals surface area contributed by atoms with Crippen LogP contribution >= 0.6 is 11.6 Å². The van der Waals surface area contributed by atoms with E-state index in [9.17, 15) is 9.59 Å². The van der Waals surface area contributed by atoms with Crippen molar-refractivity contribution < 1.29 is 9.59 Å². The molecule has 1 aliphatic carbocycles. The van der Waals surface area contributed by atoms with Gasteiger partial charge in [-0.25, -0.2) is 4.98 Å². The third-order valence-electron chi connectivity index (χ3n) is 6.25. The Morgan fingerprint density at radius 1 is 1.21 bits per heavy atom. The molecule has 7 heteroatoms. The van der Waals surface area contributed by atoms with Crippen molar-refractivity contribution in [2.75, 3.05) is 20.1 Å². The zero-order valence-electron chi connectivity index (χ0n) is 16.2. The van der Waals surface area contributed by atoms with E-state index >= 15 is 0 Å². The molecule has 2 N–H and O–H groups in total. The second-order valence-electron chi connectivity index (χ2n) is 8.02. The van der Waals surface area contributed by atoms with Crippen LogP contribution in [0, 0.1) is 11.8 Å². The zero-order chi connectivity index (χ0) is 19.7. The fraction of sp³-hybridized carbons (Fsp3) is 0.571. The number of hydrogen-bond donors (Lipinski definition) is 2. The van der Waals surface area contributed by atoms with E-state index in [2.05, 4.69) is 10.3 Å². The topological polar surface area (TPSA) is 78.1 Å². The van der Waals surface area contributed by atoms with Gasteiger partial charge in [-0.15, -0.1) is 0 Å². The number of H-pyrrole nitrogens is 1. The molecule has 1 aliphatic heterocycles. The minimum absolute atomic E-state index is 0.0341. The Hall–Kier alpha value is -2.08. The molecule has 0 bridgehead atoms. The van der Waals surface area contributed by atoms with Crippen LogP contribution < -0.4 is 5.32 Å². The molecule has 0 radical (unpaired) electrons. The van der Waals surface area contributed by atoms with Crippen molar-refractivity contribution in [2.45, 2.75) is 44.4 Å². The molecule has 1 aromatic carbocycles. The maximum atomic E-state index is 13.4. The lowest BCUT2D eigenvalue weighted by molar-refractivity contribution is -0.140. The maximum absolute atomic E-state index is 13.4. The molecule has 1 saturated heterocycles. The average molecular weight is 403 g/mol. The fourth-order valence-corrected chi connectivity index (χ4v) is 4.93. The van der Waals surface area contributed by atoms with Gasteiger partial charge in [0.1, 0.15) is 5.82 Å². The van der Waals surface area contributed by atoms with Crippen LogP contribution in [0.5, 0.6) is 0 Å². The second-order valence-corrected chi connectivity index (χ2v) is 8.46. The normalized spacial score (nSPS) is 25.6. The van der Waals surface area contributed by atoms with Crippen molar-refractivity contribution in [1.82, 2.24) is 20.2 Å². The summed E-state index contributed by atoms with van der Waals surface area (Å²) >= 11 is 6.10. The molecule has 2 fully saturated rings. The molecule has 2 aromatic rings. The van der Waals surface area contributed by atoms with Gasteiger partial charge in [-0.1, -0.05) is 24.4 Å². The number of rotatable bonds is 3. The number of fused-ring (bicyclic) bond motifs is 1. The van der Waals surface area contributed by atoms with Gasteiger partial charge in [0.2, 0.25) is 11.8 Å². The van der Waals surface area contributed by atoms with Crippen LogP contribution in [-0.2, 0) is 9.59 Å². The van der Waals surface area contributed by atoms with Crippen LogP contribution in [0.25, 0.3) is 11.0 Å². The molecule has 0 spiro atoms. The Kier molecular flexibility index (Phi) is 5.58. The smallest absolute Gasteiger partial charge is 0.226 e. The standard InChI is InChI=1S/C21H27ClN4O2/c1-23-20(27)13-5-4-10-26(12-13)21(28)16-7-3-2-6-15(16)19-24-17-9-8-14(22)11-18(17)25-19/h8-9,11,13,15-16H,2-7,10,12H2,1H3,(H,23,27)(H,24,25)/t13-,15+,16-/m1/s1. The number of piperidine rings is 1. The number of carbonyl (C=O) groups excluding carboxylic acids is 2. The predicted molar refractivity (Wildman–Crippen MR) is 109 cm³/mol. The summed E-state index contributed by atoms with van der Waals surface area (Å²) in [7, 11) is 1.66. The van der Waals surface area contributed by atoms with Crippen LogP contribution in [0.1, 0.15) is 50.3 Å². The van der Waals surface area contributed by atoms with Gasteiger partial charge in [-0.05, 0) is 43.9 Å². The number of imidazole rings is 1. The number of nitrogens with one attached hydrogen (secondary N) is 2. The summed E-state index contributed by atoms with van der Waals surface area (Å²) in [5.74, 6) is 1.01. The molecule has 2 heterocycles. The second kappa shape index (κ2) is 8.11. The van der Waals surface area contributed by atoms with E-state index in [0.717, 1.165) is 61.9 Å². The molecule has 1 aromatic heterocycles. The lowest BCUT2D eigenvalue weighted by atomic mass is 9.77. The fourth-order valence-electron chi connectivity index (χ4n) is 4.76. The summed E-state index contributed by atoms with van der Waals surface area (Å²) in [5.41, 5.74) is 1.80. The highest BCUT2D eigenvalue weighted by atomic mass is 35.5. The number of amides is 2. The van der Waals surface area contributed by atoms with Gasteiger partial charge in [-0.3, -0.25) is 9.59 Å². The van der Waals surface area contributed by atoms with Gasteiger partial charge in [0, 0.05) is 37.0 Å². The first-order valence-electron chi connectivity index (χ1n) is 10.2. The molecular weight excluding hydrogens is 376 g/mol. The number of aromatic amines is 1. The van der Waals surface area contributed by atoms with Gasteiger partial charge < -0.3 is 15.2 Å². The van der Waals surface area contributed by atoms with Gasteiger partial charge in [0.25, 0.3) is 0 Å². The van der Waals surface area contributed by atoms with E-state index in [1.54, 1.807) is 7.05 Å². The van der Waals surface area contributed by atoms with Gasteiger partial charge in [0.05, 0.1) is 17.0 Å². The van der Waals surface area contributed by atoms with Crippen molar-refractivity contribution in [3.8, 4) is 0 Å². The number of nitrogens with zero attached hydrogens (tertiary/aromatic N) is 2. The number of benzene rings is 1. The summed E-state index contributed by atoms with van der Waals surface area (Å²) in [5, 5.41) is 3.40. The van der Waals surface area contributed by atoms with Crippen LogP contribution in [-0.4, -0.2) is 46.8 Å². The molecule has 6 nitrogen and oxygen atoms in total. The highest BCUT2D eigenvalue weighted by Crippen LogP contribution is 2.39. The van der Waals surface area contributed by atoms with Crippen LogP contribution in [0.15, 0.2) is 18.2 Å². The van der Waals surface area contributed by atoms with Crippen LogP contribution in [0.2, 0.25) is 5.02 Å². The first-order chi connectivity index (χ1) is 13.6. The first-order valence-corrected chi connectivity index (χ1v) is 10.6. The minimum atomic E-state index is -0.0990. The predicted octanol–water partition coefficient (Wildman–Crippen LogP) is 3.47. The van der Waals surface area contributed by atoms with E-state index in [-0.39, 0.29) is 29.6 Å². The maximum Gasteiger partial charge on any atom is 0.226 e. The number of halogens is 1. The van der Waals surface area contributed by atoms with Crippen LogP contribution in [0.3, 0.4) is 0 Å². The van der Waals surface area contributed by atoms with Gasteiger partial charge in [0.15, 0.2) is 0 Å². The third kappa shape index (κ3) is 3.75. The molecule has 28 heavy (non-hydrogen) atoms. The van der Waals surface area contributed by atoms with Crippen molar-refractivity contribution >= 4 is 34.4 Å². The summed E-state index contributed by atoms with van der Waals surface area (Å²) in [4.78, 5) is 35.5. The Bertz CT molecular complexity index is 880. The lowest BCUT2D eigenvalue weighted by Gasteiger charge is -2.37. The molecule has 4 rings (SSSR count). The molecule has 1 saturated carbocycles. The molecule has 150 valence electrons. The van der Waals surface area contributed by atoms with Gasteiger partial charge >= 0.3 is 0 Å². The molecule has 2 amide bonds. The molecule has 0 unspecified atom stereocenters. The summed E-state index contributed by atoms with van der Waals surface area (Å²) < 4.78 is 0. The van der Waals surface area contributed by atoms with Crippen LogP contribution in [0.4, 0.5) is 0 Å². The van der Waals surface area contributed by atoms with E-state index in [0.29, 0.717) is 11.6 Å². The monoisotopic (exact) mass is 402 g/mol. The zero-order valence-corrected chi connectivity index (χ0v) is 17.0. The summed E-state index contributed by atoms with van der Waals surface area (Å²) in [6, 6.07) is 5.63. The van der Waals surface area contributed by atoms with E-state index in [4.69, 9.17) is 16.6 Å². The van der Waals surface area contributed by atoms with Crippen molar-refractivity contribution in [2.24, 2.45) is 11.8 Å². The number of aromatic nitrogens is 2. The molecule has 3 atom stereocenters. The highest BCUT2D eigenvalue weighted by Gasteiger charge is 2.38. The van der Waals surface area contributed by atoms with Gasteiger partial charge in [-0.2, -0.15) is 0 Å². The molecule has 2 aliphatic rings. The Morgan fingerprint density at radius 2 is 2.04 bits per heavy atom. The summed E-state index contributed by atoms with van der Waals surface area (Å²) in [6.07, 6.45) is 5.73. The van der Waals surface area contributed by atoms with Crippen molar-refractivity contribution in [3.05, 3.63) is 29.0 Å². The minimum Gasteiger partial charge on any atom is -0.359 e. The first kappa shape index (κ1) is 19.2. The number of likely N-dealkylation sites (tertiary alicyclic amines) is 1. The molecular formula is C21H27ClN4O2.